The largest absolute Gasteiger partial charge is 0.462 e. The third-order valence-electron chi connectivity index (χ3n) is 2.52. The third kappa shape index (κ3) is 1.84. The number of carbonyl (C=O) groups excluding carboxylic acids is 1. The van der Waals surface area contributed by atoms with Crippen LogP contribution in [0.25, 0.3) is 10.9 Å². The molecule has 1 heterocycles. The molecule has 0 spiro atoms. The van der Waals surface area contributed by atoms with Crippen LogP contribution in [-0.4, -0.2) is 17.6 Å². The monoisotopic (exact) mass is 242 g/mol. The van der Waals surface area contributed by atoms with Gasteiger partial charge in [-0.2, -0.15) is 5.26 Å². The first kappa shape index (κ1) is 11.9. The first-order chi connectivity index (χ1) is 8.69. The maximum atomic E-state index is 12.2. The zero-order valence-corrected chi connectivity index (χ0v) is 9.69. The molecule has 0 aliphatic carbocycles. The molecular formula is C13H10N2O3. The first-order valence-electron chi connectivity index (χ1n) is 5.40. The van der Waals surface area contributed by atoms with Gasteiger partial charge in [-0.05, 0) is 19.1 Å². The molecule has 18 heavy (non-hydrogen) atoms. The summed E-state index contributed by atoms with van der Waals surface area (Å²) in [5.41, 5.74) is 0.179. The van der Waals surface area contributed by atoms with E-state index in [9.17, 15) is 9.59 Å². The second-order valence-electron chi connectivity index (χ2n) is 3.59. The van der Waals surface area contributed by atoms with Crippen molar-refractivity contribution in [1.82, 2.24) is 4.98 Å². The minimum atomic E-state index is -0.687. The Bertz CT molecular complexity index is 710. The van der Waals surface area contributed by atoms with Gasteiger partial charge < -0.3 is 9.72 Å². The van der Waals surface area contributed by atoms with Crippen molar-refractivity contribution in [2.24, 2.45) is 0 Å². The summed E-state index contributed by atoms with van der Waals surface area (Å²) in [4.78, 5) is 26.6. The highest BCUT2D eigenvalue weighted by molar-refractivity contribution is 5.95. The average molecular weight is 242 g/mol. The van der Waals surface area contributed by atoms with E-state index in [1.807, 2.05) is 6.07 Å². The van der Waals surface area contributed by atoms with Crippen LogP contribution < -0.4 is 5.43 Å². The van der Waals surface area contributed by atoms with E-state index < -0.39 is 11.4 Å². The molecule has 0 bridgehead atoms. The first-order valence-corrected chi connectivity index (χ1v) is 5.40. The molecular weight excluding hydrogens is 232 g/mol. The van der Waals surface area contributed by atoms with E-state index in [0.717, 1.165) is 0 Å². The Morgan fingerprint density at radius 3 is 2.94 bits per heavy atom. The van der Waals surface area contributed by atoms with Crippen LogP contribution in [0.1, 0.15) is 22.8 Å². The molecule has 90 valence electrons. The summed E-state index contributed by atoms with van der Waals surface area (Å²) >= 11 is 0. The van der Waals surface area contributed by atoms with Gasteiger partial charge in [-0.1, -0.05) is 6.07 Å². The molecule has 2 aromatic rings. The highest BCUT2D eigenvalue weighted by Crippen LogP contribution is 2.13. The minimum Gasteiger partial charge on any atom is -0.462 e. The Labute approximate surface area is 103 Å². The van der Waals surface area contributed by atoms with Gasteiger partial charge in [-0.25, -0.2) is 4.79 Å². The summed E-state index contributed by atoms with van der Waals surface area (Å²) in [5, 5.41) is 9.19. The fraction of sp³-hybridized carbons (Fsp3) is 0.154. The smallest absolute Gasteiger partial charge is 0.343 e. The van der Waals surface area contributed by atoms with E-state index >= 15 is 0 Å². The van der Waals surface area contributed by atoms with E-state index in [-0.39, 0.29) is 23.1 Å². The number of hydrogen-bond donors (Lipinski definition) is 1. The lowest BCUT2D eigenvalue weighted by Crippen LogP contribution is -2.18. The van der Waals surface area contributed by atoms with Crippen molar-refractivity contribution in [2.75, 3.05) is 6.61 Å². The van der Waals surface area contributed by atoms with Crippen LogP contribution in [0.15, 0.2) is 29.2 Å². The van der Waals surface area contributed by atoms with E-state index in [4.69, 9.17) is 10.00 Å². The number of ether oxygens (including phenoxy) is 1. The molecule has 5 heteroatoms. The molecule has 0 radical (unpaired) electrons. The van der Waals surface area contributed by atoms with Crippen molar-refractivity contribution in [3.8, 4) is 6.07 Å². The number of hydrogen-bond acceptors (Lipinski definition) is 4. The van der Waals surface area contributed by atoms with Gasteiger partial charge >= 0.3 is 5.97 Å². The molecule has 0 amide bonds. The number of benzene rings is 1. The van der Waals surface area contributed by atoms with Crippen molar-refractivity contribution in [3.05, 3.63) is 45.7 Å². The van der Waals surface area contributed by atoms with Gasteiger partial charge in [0.1, 0.15) is 5.56 Å². The molecule has 1 aromatic carbocycles. The van der Waals surface area contributed by atoms with Crippen molar-refractivity contribution >= 4 is 16.9 Å². The SMILES string of the molecule is CCOC(=O)c1c[nH]c2cccc(C#N)c2c1=O. The topological polar surface area (TPSA) is 82.9 Å². The van der Waals surface area contributed by atoms with Crippen LogP contribution in [0.5, 0.6) is 0 Å². The fourth-order valence-corrected chi connectivity index (χ4v) is 1.72. The normalized spacial score (nSPS) is 10.0. The lowest BCUT2D eigenvalue weighted by molar-refractivity contribution is 0.0524. The van der Waals surface area contributed by atoms with Gasteiger partial charge in [-0.3, -0.25) is 4.79 Å². The number of pyridine rings is 1. The molecule has 0 atom stereocenters. The van der Waals surface area contributed by atoms with Crippen LogP contribution >= 0.6 is 0 Å². The van der Waals surface area contributed by atoms with E-state index in [1.54, 1.807) is 19.1 Å². The molecule has 0 aliphatic rings. The van der Waals surface area contributed by atoms with Crippen LogP contribution in [0, 0.1) is 11.3 Å². The molecule has 1 aromatic heterocycles. The zero-order valence-electron chi connectivity index (χ0n) is 9.69. The van der Waals surface area contributed by atoms with E-state index in [2.05, 4.69) is 4.98 Å². The minimum absolute atomic E-state index is 0.0907. The highest BCUT2D eigenvalue weighted by Gasteiger charge is 2.15. The van der Waals surface area contributed by atoms with Crippen molar-refractivity contribution in [3.63, 3.8) is 0 Å². The molecule has 5 nitrogen and oxygen atoms in total. The van der Waals surface area contributed by atoms with Crippen LogP contribution in [0.3, 0.4) is 0 Å². The highest BCUT2D eigenvalue weighted by atomic mass is 16.5. The second-order valence-corrected chi connectivity index (χ2v) is 3.59. The number of esters is 1. The van der Waals surface area contributed by atoms with Gasteiger partial charge in [0.05, 0.1) is 29.1 Å². The predicted octanol–water partition coefficient (Wildman–Crippen LogP) is 1.58. The summed E-state index contributed by atoms with van der Waals surface area (Å²) < 4.78 is 4.79. The number of nitrogens with zero attached hydrogens (tertiary/aromatic N) is 1. The Morgan fingerprint density at radius 1 is 1.50 bits per heavy atom. The Balaban J connectivity index is 2.75. The fourth-order valence-electron chi connectivity index (χ4n) is 1.72. The van der Waals surface area contributed by atoms with Crippen molar-refractivity contribution < 1.29 is 9.53 Å². The zero-order chi connectivity index (χ0) is 13.1. The van der Waals surface area contributed by atoms with Gasteiger partial charge in [0.15, 0.2) is 0 Å². The molecule has 0 saturated heterocycles. The maximum Gasteiger partial charge on any atom is 0.343 e. The molecule has 1 N–H and O–H groups in total. The Morgan fingerprint density at radius 2 is 2.28 bits per heavy atom. The number of nitriles is 1. The van der Waals surface area contributed by atoms with Gasteiger partial charge in [0, 0.05) is 6.20 Å². The van der Waals surface area contributed by atoms with Gasteiger partial charge in [0.2, 0.25) is 5.43 Å². The molecule has 0 aliphatic heterocycles. The summed E-state index contributed by atoms with van der Waals surface area (Å²) in [6.07, 6.45) is 1.31. The summed E-state index contributed by atoms with van der Waals surface area (Å²) in [7, 11) is 0. The lowest BCUT2D eigenvalue weighted by Gasteiger charge is -2.04. The molecule has 0 saturated carbocycles. The van der Waals surface area contributed by atoms with Crippen molar-refractivity contribution in [1.29, 1.82) is 5.26 Å². The lowest BCUT2D eigenvalue weighted by atomic mass is 10.1. The Hall–Kier alpha value is -2.61. The maximum absolute atomic E-state index is 12.2. The third-order valence-corrected chi connectivity index (χ3v) is 2.52. The number of H-pyrrole nitrogens is 1. The number of rotatable bonds is 2. The molecule has 0 fully saturated rings. The average Bonchev–Trinajstić information content (AvgIpc) is 2.38. The van der Waals surface area contributed by atoms with E-state index in [1.165, 1.54) is 12.3 Å². The summed E-state index contributed by atoms with van der Waals surface area (Å²) in [6.45, 7) is 1.85. The standard InChI is InChI=1S/C13H10N2O3/c1-2-18-13(17)9-7-15-10-5-3-4-8(6-14)11(10)12(9)16/h3-5,7H,2H2,1H3,(H,15,16). The van der Waals surface area contributed by atoms with Crippen LogP contribution in [0.2, 0.25) is 0 Å². The number of aromatic amines is 1. The quantitative estimate of drug-likeness (QED) is 0.810. The second kappa shape index (κ2) is 4.72. The number of aromatic nitrogens is 1. The Kier molecular flexibility index (Phi) is 3.11. The predicted molar refractivity (Wildman–Crippen MR) is 65.2 cm³/mol. The summed E-state index contributed by atoms with van der Waals surface area (Å²) in [6, 6.07) is 6.81. The number of nitrogens with one attached hydrogen (secondary N) is 1. The molecule has 2 rings (SSSR count). The molecule has 0 unspecified atom stereocenters. The van der Waals surface area contributed by atoms with Crippen LogP contribution in [0.4, 0.5) is 0 Å². The van der Waals surface area contributed by atoms with Gasteiger partial charge in [-0.15, -0.1) is 0 Å². The van der Waals surface area contributed by atoms with Crippen molar-refractivity contribution in [2.45, 2.75) is 6.92 Å². The number of fused-ring (bicyclic) bond motifs is 1. The number of carbonyl (C=O) groups is 1. The summed E-state index contributed by atoms with van der Waals surface area (Å²) in [5.74, 6) is -0.687. The van der Waals surface area contributed by atoms with E-state index in [0.29, 0.717) is 5.52 Å². The van der Waals surface area contributed by atoms with Gasteiger partial charge in [0.25, 0.3) is 0 Å². The van der Waals surface area contributed by atoms with Crippen LogP contribution in [-0.2, 0) is 4.74 Å².